The van der Waals surface area contributed by atoms with Crippen LogP contribution in [0.4, 0.5) is 0 Å². The minimum atomic E-state index is -0.203. The van der Waals surface area contributed by atoms with Crippen LogP contribution in [0.3, 0.4) is 0 Å². The third-order valence-corrected chi connectivity index (χ3v) is 2.69. The molecule has 0 bridgehead atoms. The van der Waals surface area contributed by atoms with E-state index in [1.807, 2.05) is 24.3 Å². The van der Waals surface area contributed by atoms with Gasteiger partial charge in [-0.3, -0.25) is 9.69 Å². The van der Waals surface area contributed by atoms with Crippen LogP contribution in [0, 0.1) is 0 Å². The van der Waals surface area contributed by atoms with Crippen LogP contribution in [0.15, 0.2) is 25.2 Å². The summed E-state index contributed by atoms with van der Waals surface area (Å²) >= 11 is 0. The number of ether oxygens (including phenoxy) is 1. The Kier molecular flexibility index (Phi) is 6.89. The molecular formula is C14H23N3O2. The summed E-state index contributed by atoms with van der Waals surface area (Å²) in [5.41, 5.74) is 1.10. The standard InChI is InChI=1S/C14H23N3O2/c1-4-7-16(11-14(18)19-6-3)10-13-9-15-12-17(13)8-5-2/h4,9,12H,1,5-8,10-11H2,2-3H3. The summed E-state index contributed by atoms with van der Waals surface area (Å²) in [5.74, 6) is -0.203. The normalized spacial score (nSPS) is 10.7. The van der Waals surface area contributed by atoms with Crippen LogP contribution in [0.25, 0.3) is 0 Å². The number of esters is 1. The predicted molar refractivity (Wildman–Crippen MR) is 74.6 cm³/mol. The highest BCUT2D eigenvalue weighted by atomic mass is 16.5. The first kappa shape index (κ1) is 15.4. The van der Waals surface area contributed by atoms with Crippen molar-refractivity contribution in [2.75, 3.05) is 19.7 Å². The highest BCUT2D eigenvalue weighted by Crippen LogP contribution is 2.06. The topological polar surface area (TPSA) is 47.4 Å². The van der Waals surface area contributed by atoms with Gasteiger partial charge < -0.3 is 9.30 Å². The van der Waals surface area contributed by atoms with Crippen LogP contribution in [-0.4, -0.2) is 40.1 Å². The van der Waals surface area contributed by atoms with E-state index in [4.69, 9.17) is 4.74 Å². The third kappa shape index (κ3) is 5.26. The van der Waals surface area contributed by atoms with Gasteiger partial charge in [0.15, 0.2) is 0 Å². The molecular weight excluding hydrogens is 242 g/mol. The van der Waals surface area contributed by atoms with Crippen LogP contribution in [0.5, 0.6) is 0 Å². The largest absolute Gasteiger partial charge is 0.465 e. The van der Waals surface area contributed by atoms with E-state index in [2.05, 4.69) is 23.1 Å². The first-order valence-corrected chi connectivity index (χ1v) is 6.69. The summed E-state index contributed by atoms with van der Waals surface area (Å²) in [6, 6.07) is 0. The highest BCUT2D eigenvalue weighted by Gasteiger charge is 2.13. The molecule has 5 nitrogen and oxygen atoms in total. The Labute approximate surface area is 114 Å². The van der Waals surface area contributed by atoms with Crippen LogP contribution in [-0.2, 0) is 22.6 Å². The Balaban J connectivity index is 2.63. The van der Waals surface area contributed by atoms with Crippen molar-refractivity contribution in [3.05, 3.63) is 30.9 Å². The lowest BCUT2D eigenvalue weighted by Crippen LogP contribution is -2.31. The maximum absolute atomic E-state index is 11.5. The van der Waals surface area contributed by atoms with Gasteiger partial charge in [-0.15, -0.1) is 6.58 Å². The molecule has 5 heteroatoms. The molecule has 0 unspecified atom stereocenters. The van der Waals surface area contributed by atoms with Gasteiger partial charge >= 0.3 is 5.97 Å². The molecule has 1 aromatic rings. The monoisotopic (exact) mass is 265 g/mol. The molecule has 0 radical (unpaired) electrons. The average Bonchev–Trinajstić information content (AvgIpc) is 2.78. The Bertz CT molecular complexity index is 401. The van der Waals surface area contributed by atoms with Crippen molar-refractivity contribution in [3.8, 4) is 0 Å². The molecule has 0 fully saturated rings. The number of hydrogen-bond donors (Lipinski definition) is 0. The maximum Gasteiger partial charge on any atom is 0.320 e. The quantitative estimate of drug-likeness (QED) is 0.505. The predicted octanol–water partition coefficient (Wildman–Crippen LogP) is 1.84. The number of hydrogen-bond acceptors (Lipinski definition) is 4. The summed E-state index contributed by atoms with van der Waals surface area (Å²) in [5, 5.41) is 0. The summed E-state index contributed by atoms with van der Waals surface area (Å²) in [6.07, 6.45) is 6.52. The molecule has 106 valence electrons. The summed E-state index contributed by atoms with van der Waals surface area (Å²) in [6.45, 7) is 10.6. The molecule has 1 heterocycles. The molecule has 19 heavy (non-hydrogen) atoms. The lowest BCUT2D eigenvalue weighted by atomic mass is 10.3. The van der Waals surface area contributed by atoms with Crippen LogP contribution >= 0.6 is 0 Å². The van der Waals surface area contributed by atoms with Crippen LogP contribution in [0.1, 0.15) is 26.0 Å². The fourth-order valence-electron chi connectivity index (χ4n) is 1.91. The van der Waals surface area contributed by atoms with Gasteiger partial charge in [0.25, 0.3) is 0 Å². The molecule has 0 N–H and O–H groups in total. The van der Waals surface area contributed by atoms with Gasteiger partial charge in [0.2, 0.25) is 0 Å². The second kappa shape index (κ2) is 8.48. The number of imidazole rings is 1. The van der Waals surface area contributed by atoms with E-state index in [0.717, 1.165) is 18.7 Å². The molecule has 0 saturated carbocycles. The second-order valence-electron chi connectivity index (χ2n) is 4.34. The molecule has 1 aromatic heterocycles. The summed E-state index contributed by atoms with van der Waals surface area (Å²) < 4.78 is 7.09. The van der Waals surface area contributed by atoms with Gasteiger partial charge in [-0.1, -0.05) is 13.0 Å². The maximum atomic E-state index is 11.5. The van der Waals surface area contributed by atoms with E-state index in [9.17, 15) is 4.79 Å². The van der Waals surface area contributed by atoms with Gasteiger partial charge in [0, 0.05) is 25.8 Å². The van der Waals surface area contributed by atoms with E-state index in [1.165, 1.54) is 0 Å². The van der Waals surface area contributed by atoms with E-state index in [1.54, 1.807) is 6.08 Å². The van der Waals surface area contributed by atoms with E-state index in [0.29, 0.717) is 19.7 Å². The molecule has 0 spiro atoms. The van der Waals surface area contributed by atoms with Crippen molar-refractivity contribution in [2.24, 2.45) is 0 Å². The first-order valence-electron chi connectivity index (χ1n) is 6.69. The second-order valence-corrected chi connectivity index (χ2v) is 4.34. The smallest absolute Gasteiger partial charge is 0.320 e. The number of nitrogens with zero attached hydrogens (tertiary/aromatic N) is 3. The highest BCUT2D eigenvalue weighted by molar-refractivity contribution is 5.71. The molecule has 0 aliphatic heterocycles. The third-order valence-electron chi connectivity index (χ3n) is 2.69. The lowest BCUT2D eigenvalue weighted by Gasteiger charge is -2.20. The van der Waals surface area contributed by atoms with Gasteiger partial charge in [0.05, 0.1) is 25.2 Å². The van der Waals surface area contributed by atoms with Gasteiger partial charge in [0.1, 0.15) is 0 Å². The zero-order valence-electron chi connectivity index (χ0n) is 11.8. The SMILES string of the molecule is C=CCN(CC(=O)OCC)Cc1cncn1CCC. The average molecular weight is 265 g/mol. The van der Waals surface area contributed by atoms with E-state index in [-0.39, 0.29) is 12.5 Å². The minimum Gasteiger partial charge on any atom is -0.465 e. The van der Waals surface area contributed by atoms with Crippen LogP contribution < -0.4 is 0 Å². The summed E-state index contributed by atoms with van der Waals surface area (Å²) in [4.78, 5) is 17.7. The van der Waals surface area contributed by atoms with Crippen molar-refractivity contribution < 1.29 is 9.53 Å². The molecule has 0 aliphatic carbocycles. The van der Waals surface area contributed by atoms with Crippen molar-refractivity contribution in [3.63, 3.8) is 0 Å². The van der Waals surface area contributed by atoms with E-state index >= 15 is 0 Å². The number of carbonyl (C=O) groups is 1. The molecule has 0 aromatic carbocycles. The Morgan fingerprint density at radius 3 is 3.00 bits per heavy atom. The number of rotatable bonds is 9. The lowest BCUT2D eigenvalue weighted by molar-refractivity contribution is -0.144. The minimum absolute atomic E-state index is 0.203. The summed E-state index contributed by atoms with van der Waals surface area (Å²) in [7, 11) is 0. The number of carbonyl (C=O) groups excluding carboxylic acids is 1. The van der Waals surface area contributed by atoms with Crippen molar-refractivity contribution in [1.82, 2.24) is 14.5 Å². The molecule has 0 amide bonds. The van der Waals surface area contributed by atoms with Crippen molar-refractivity contribution >= 4 is 5.97 Å². The molecule has 0 aliphatic rings. The Morgan fingerprint density at radius 2 is 2.37 bits per heavy atom. The van der Waals surface area contributed by atoms with Crippen LogP contribution in [0.2, 0.25) is 0 Å². The van der Waals surface area contributed by atoms with E-state index < -0.39 is 0 Å². The fourth-order valence-corrected chi connectivity index (χ4v) is 1.91. The molecule has 1 rings (SSSR count). The van der Waals surface area contributed by atoms with Crippen molar-refractivity contribution in [2.45, 2.75) is 33.4 Å². The van der Waals surface area contributed by atoms with Gasteiger partial charge in [-0.25, -0.2) is 4.98 Å². The zero-order valence-corrected chi connectivity index (χ0v) is 11.8. The zero-order chi connectivity index (χ0) is 14.1. The van der Waals surface area contributed by atoms with Gasteiger partial charge in [-0.05, 0) is 13.3 Å². The number of aryl methyl sites for hydroxylation is 1. The molecule has 0 atom stereocenters. The first-order chi connectivity index (χ1) is 9.21. The van der Waals surface area contributed by atoms with Crippen molar-refractivity contribution in [1.29, 1.82) is 0 Å². The Hall–Kier alpha value is -1.62. The fraction of sp³-hybridized carbons (Fsp3) is 0.571. The Morgan fingerprint density at radius 1 is 1.58 bits per heavy atom. The molecule has 0 saturated heterocycles. The number of aromatic nitrogens is 2. The van der Waals surface area contributed by atoms with Gasteiger partial charge in [-0.2, -0.15) is 0 Å².